The van der Waals surface area contributed by atoms with Gasteiger partial charge in [0.25, 0.3) is 0 Å². The van der Waals surface area contributed by atoms with Crippen molar-refractivity contribution in [2.45, 2.75) is 12.5 Å². The lowest BCUT2D eigenvalue weighted by Crippen LogP contribution is -2.50. The minimum Gasteiger partial charge on any atom is -0.340 e. The summed E-state index contributed by atoms with van der Waals surface area (Å²) in [5, 5.41) is 0. The van der Waals surface area contributed by atoms with Crippen LogP contribution in [0.15, 0.2) is 55.2 Å². The van der Waals surface area contributed by atoms with Gasteiger partial charge in [-0.25, -0.2) is 15.0 Å². The molecule has 0 radical (unpaired) electrons. The van der Waals surface area contributed by atoms with Crippen LogP contribution in [0.5, 0.6) is 0 Å². The van der Waals surface area contributed by atoms with Crippen LogP contribution in [-0.2, 0) is 11.2 Å². The Hall–Kier alpha value is -3.06. The topological polar surface area (TPSA) is 78.0 Å². The van der Waals surface area contributed by atoms with Crippen molar-refractivity contribution in [3.63, 3.8) is 0 Å². The fourth-order valence-electron chi connectivity index (χ4n) is 3.41. The van der Waals surface area contributed by atoms with Gasteiger partial charge in [0.1, 0.15) is 18.2 Å². The highest BCUT2D eigenvalue weighted by Gasteiger charge is 2.32. The minimum atomic E-state index is -0.0988. The number of nitrogens with one attached hydrogen (secondary N) is 1. The number of carbonyl (C=O) groups is 1. The van der Waals surface area contributed by atoms with E-state index in [1.165, 1.54) is 6.33 Å². The molecular formula is C20H22N6O. The van der Waals surface area contributed by atoms with Crippen LogP contribution < -0.4 is 0 Å². The lowest BCUT2D eigenvalue weighted by Gasteiger charge is -2.39. The Morgan fingerprint density at radius 2 is 1.93 bits per heavy atom. The van der Waals surface area contributed by atoms with E-state index in [9.17, 15) is 4.79 Å². The number of likely N-dealkylation sites (N-methyl/N-ethyl adjacent to an activating group) is 1. The van der Waals surface area contributed by atoms with Gasteiger partial charge < -0.3 is 14.8 Å². The Kier molecular flexibility index (Phi) is 4.93. The third-order valence-electron chi connectivity index (χ3n) is 4.88. The van der Waals surface area contributed by atoms with Crippen LogP contribution in [0.3, 0.4) is 0 Å². The maximum Gasteiger partial charge on any atom is 0.227 e. The van der Waals surface area contributed by atoms with E-state index in [1.807, 2.05) is 35.2 Å². The fourth-order valence-corrected chi connectivity index (χ4v) is 3.41. The third kappa shape index (κ3) is 3.88. The predicted molar refractivity (Wildman–Crippen MR) is 102 cm³/mol. The number of benzene rings is 1. The summed E-state index contributed by atoms with van der Waals surface area (Å²) in [6, 6.07) is 9.77. The van der Waals surface area contributed by atoms with Crippen LogP contribution in [0.1, 0.15) is 17.4 Å². The standard InChI is InChI=1S/C20H22N6O/c1-25-7-8-26(19(27)9-15-5-3-2-4-6-15)18(13-25)20-23-12-17(24-20)16-10-21-14-22-11-16/h2-6,10-12,14,18H,7-9,13H2,1H3,(H,23,24). The molecule has 1 amide bonds. The van der Waals surface area contributed by atoms with E-state index in [0.717, 1.165) is 35.7 Å². The molecule has 0 spiro atoms. The van der Waals surface area contributed by atoms with E-state index in [1.54, 1.807) is 18.6 Å². The second-order valence-electron chi connectivity index (χ2n) is 6.84. The van der Waals surface area contributed by atoms with Crippen LogP contribution in [0.2, 0.25) is 0 Å². The second kappa shape index (κ2) is 7.67. The Labute approximate surface area is 158 Å². The molecule has 0 bridgehead atoms. The molecule has 1 atom stereocenters. The fraction of sp³-hybridized carbons (Fsp3) is 0.300. The number of aromatic amines is 1. The molecule has 1 saturated heterocycles. The largest absolute Gasteiger partial charge is 0.340 e. The molecule has 7 nitrogen and oxygen atoms in total. The molecule has 138 valence electrons. The van der Waals surface area contributed by atoms with E-state index < -0.39 is 0 Å². The van der Waals surface area contributed by atoms with Gasteiger partial charge in [0, 0.05) is 37.6 Å². The number of hydrogen-bond donors (Lipinski definition) is 1. The highest BCUT2D eigenvalue weighted by Crippen LogP contribution is 2.26. The Morgan fingerprint density at radius 3 is 2.70 bits per heavy atom. The Balaban J connectivity index is 1.57. The van der Waals surface area contributed by atoms with Gasteiger partial charge >= 0.3 is 0 Å². The van der Waals surface area contributed by atoms with Crippen molar-refractivity contribution < 1.29 is 4.79 Å². The van der Waals surface area contributed by atoms with E-state index in [0.29, 0.717) is 13.0 Å². The monoisotopic (exact) mass is 362 g/mol. The van der Waals surface area contributed by atoms with Gasteiger partial charge in [-0.15, -0.1) is 0 Å². The van der Waals surface area contributed by atoms with Crippen molar-refractivity contribution in [1.29, 1.82) is 0 Å². The maximum absolute atomic E-state index is 13.0. The first-order chi connectivity index (χ1) is 13.2. The SMILES string of the molecule is CN1CCN(C(=O)Cc2ccccc2)C(c2ncc(-c3cncnc3)[nH]2)C1. The van der Waals surface area contributed by atoms with Gasteiger partial charge in [-0.2, -0.15) is 0 Å². The van der Waals surface area contributed by atoms with Crippen molar-refractivity contribution in [3.05, 3.63) is 66.6 Å². The number of hydrogen-bond acceptors (Lipinski definition) is 5. The summed E-state index contributed by atoms with van der Waals surface area (Å²) in [5.74, 6) is 0.919. The molecule has 4 rings (SSSR count). The van der Waals surface area contributed by atoms with E-state index in [4.69, 9.17) is 0 Å². The molecule has 1 aliphatic rings. The zero-order valence-electron chi connectivity index (χ0n) is 15.2. The number of H-pyrrole nitrogens is 1. The van der Waals surface area contributed by atoms with Crippen molar-refractivity contribution >= 4 is 5.91 Å². The smallest absolute Gasteiger partial charge is 0.227 e. The third-order valence-corrected chi connectivity index (χ3v) is 4.88. The van der Waals surface area contributed by atoms with Crippen molar-refractivity contribution in [3.8, 4) is 11.3 Å². The van der Waals surface area contributed by atoms with Gasteiger partial charge in [-0.3, -0.25) is 4.79 Å². The van der Waals surface area contributed by atoms with Crippen molar-refractivity contribution in [1.82, 2.24) is 29.7 Å². The van der Waals surface area contributed by atoms with Gasteiger partial charge in [0.15, 0.2) is 0 Å². The molecule has 0 saturated carbocycles. The van der Waals surface area contributed by atoms with Crippen LogP contribution in [-0.4, -0.2) is 62.3 Å². The van der Waals surface area contributed by atoms with Crippen molar-refractivity contribution in [2.24, 2.45) is 0 Å². The zero-order valence-corrected chi connectivity index (χ0v) is 15.2. The zero-order chi connectivity index (χ0) is 18.6. The maximum atomic E-state index is 13.0. The lowest BCUT2D eigenvalue weighted by molar-refractivity contribution is -0.135. The van der Waals surface area contributed by atoms with Crippen LogP contribution in [0.25, 0.3) is 11.3 Å². The van der Waals surface area contributed by atoms with Crippen molar-refractivity contribution in [2.75, 3.05) is 26.7 Å². The second-order valence-corrected chi connectivity index (χ2v) is 6.84. The molecule has 1 aliphatic heterocycles. The first-order valence-corrected chi connectivity index (χ1v) is 9.03. The summed E-state index contributed by atoms with van der Waals surface area (Å²) >= 11 is 0. The van der Waals surface area contributed by atoms with E-state index in [2.05, 4.69) is 31.9 Å². The first-order valence-electron chi connectivity index (χ1n) is 9.03. The van der Waals surface area contributed by atoms with Crippen LogP contribution >= 0.6 is 0 Å². The number of nitrogens with zero attached hydrogens (tertiary/aromatic N) is 5. The first kappa shape index (κ1) is 17.4. The quantitative estimate of drug-likeness (QED) is 0.767. The van der Waals surface area contributed by atoms with E-state index >= 15 is 0 Å². The number of imidazole rings is 1. The van der Waals surface area contributed by atoms with Gasteiger partial charge in [0.05, 0.1) is 18.3 Å². The lowest BCUT2D eigenvalue weighted by atomic mass is 10.1. The van der Waals surface area contributed by atoms with Gasteiger partial charge in [-0.1, -0.05) is 30.3 Å². The van der Waals surface area contributed by atoms with Gasteiger partial charge in [0.2, 0.25) is 5.91 Å². The molecule has 2 aromatic heterocycles. The van der Waals surface area contributed by atoms with E-state index in [-0.39, 0.29) is 11.9 Å². The summed E-state index contributed by atoms with van der Waals surface area (Å²) < 4.78 is 0. The Bertz CT molecular complexity index is 895. The number of rotatable bonds is 4. The van der Waals surface area contributed by atoms with Gasteiger partial charge in [-0.05, 0) is 12.6 Å². The summed E-state index contributed by atoms with van der Waals surface area (Å²) in [4.78, 5) is 33.2. The van der Waals surface area contributed by atoms with Crippen LogP contribution in [0, 0.1) is 0 Å². The average molecular weight is 362 g/mol. The molecule has 27 heavy (non-hydrogen) atoms. The number of piperazine rings is 1. The average Bonchev–Trinajstić information content (AvgIpc) is 3.19. The minimum absolute atomic E-state index is 0.0988. The molecular weight excluding hydrogens is 340 g/mol. The summed E-state index contributed by atoms with van der Waals surface area (Å²) in [6.07, 6.45) is 7.18. The summed E-state index contributed by atoms with van der Waals surface area (Å²) in [5.41, 5.74) is 2.76. The molecule has 7 heteroatoms. The highest BCUT2D eigenvalue weighted by atomic mass is 16.2. The predicted octanol–water partition coefficient (Wildman–Crippen LogP) is 1.92. The number of aromatic nitrogens is 4. The normalized spacial score (nSPS) is 17.8. The summed E-state index contributed by atoms with van der Waals surface area (Å²) in [6.45, 7) is 2.30. The number of amides is 1. The molecule has 0 aliphatic carbocycles. The molecule has 1 N–H and O–H groups in total. The Morgan fingerprint density at radius 1 is 1.15 bits per heavy atom. The summed E-state index contributed by atoms with van der Waals surface area (Å²) in [7, 11) is 2.07. The number of carbonyl (C=O) groups excluding carboxylic acids is 1. The molecule has 3 heterocycles. The molecule has 1 fully saturated rings. The molecule has 1 unspecified atom stereocenters. The molecule has 1 aromatic carbocycles. The highest BCUT2D eigenvalue weighted by molar-refractivity contribution is 5.79. The van der Waals surface area contributed by atoms with Crippen LogP contribution in [0.4, 0.5) is 0 Å². The molecule has 3 aromatic rings.